The van der Waals surface area contributed by atoms with E-state index < -0.39 is 10.0 Å². The van der Waals surface area contributed by atoms with Gasteiger partial charge in [-0.05, 0) is 36.8 Å². The van der Waals surface area contributed by atoms with Crippen LogP contribution in [0, 0.1) is 6.92 Å². The Balaban J connectivity index is 1.58. The van der Waals surface area contributed by atoms with Gasteiger partial charge >= 0.3 is 0 Å². The first-order valence-electron chi connectivity index (χ1n) is 8.36. The number of hydrogen-bond acceptors (Lipinski definition) is 6. The number of benzene rings is 2. The van der Waals surface area contributed by atoms with E-state index in [-0.39, 0.29) is 10.9 Å². The van der Waals surface area contributed by atoms with E-state index in [1.807, 2.05) is 25.1 Å². The summed E-state index contributed by atoms with van der Waals surface area (Å²) in [6, 6.07) is 16.4. The predicted molar refractivity (Wildman–Crippen MR) is 101 cm³/mol. The predicted octanol–water partition coefficient (Wildman–Crippen LogP) is 1.66. The van der Waals surface area contributed by atoms with Gasteiger partial charge in [0.1, 0.15) is 5.69 Å². The molecular formula is C18H18N6O2S. The summed E-state index contributed by atoms with van der Waals surface area (Å²) in [5.41, 5.74) is 7.40. The highest BCUT2D eigenvalue weighted by molar-refractivity contribution is 7.89. The average Bonchev–Trinajstić information content (AvgIpc) is 3.28. The average molecular weight is 382 g/mol. The van der Waals surface area contributed by atoms with Gasteiger partial charge in [0.15, 0.2) is 0 Å². The van der Waals surface area contributed by atoms with E-state index in [0.29, 0.717) is 12.1 Å². The number of nitrogens with one attached hydrogen (secondary N) is 1. The second-order valence-electron chi connectivity index (χ2n) is 6.33. The molecular weight excluding hydrogens is 364 g/mol. The molecule has 0 spiro atoms. The first-order chi connectivity index (χ1) is 12.9. The summed E-state index contributed by atoms with van der Waals surface area (Å²) in [6.45, 7) is 1.90. The number of aromatic nitrogens is 3. The Labute approximate surface area is 156 Å². The number of rotatable bonds is 4. The van der Waals surface area contributed by atoms with Crippen molar-refractivity contribution in [2.75, 3.05) is 0 Å². The van der Waals surface area contributed by atoms with Crippen molar-refractivity contribution in [2.24, 2.45) is 10.2 Å². The van der Waals surface area contributed by atoms with Crippen LogP contribution in [0.25, 0.3) is 5.69 Å². The Morgan fingerprint density at radius 1 is 1.11 bits per heavy atom. The zero-order chi connectivity index (χ0) is 19.0. The topological polar surface area (TPSA) is 115 Å². The number of hydrogen-bond donors (Lipinski definition) is 2. The van der Waals surface area contributed by atoms with Crippen molar-refractivity contribution >= 4 is 15.7 Å². The summed E-state index contributed by atoms with van der Waals surface area (Å²) in [5, 5.41) is 18.0. The van der Waals surface area contributed by atoms with Gasteiger partial charge in [-0.25, -0.2) is 18.2 Å². The van der Waals surface area contributed by atoms with Crippen molar-refractivity contribution in [3.05, 3.63) is 71.5 Å². The molecule has 0 radical (unpaired) electrons. The largest absolute Gasteiger partial charge is 0.302 e. The Kier molecular flexibility index (Phi) is 4.25. The molecule has 3 aromatic rings. The standard InChI is InChI=1S/C18H18N6O2S/c1-12-18(17-11-16(20-21-17)13-5-3-2-4-6-13)22-23-24(12)14-7-9-15(10-8-14)27(19,25)26/h2-10,16,20H,11H2,1H3,(H2,19,25,26). The minimum absolute atomic E-state index is 0.0549. The molecule has 1 aliphatic rings. The maximum atomic E-state index is 11.4. The van der Waals surface area contributed by atoms with Gasteiger partial charge in [0.05, 0.1) is 28.0 Å². The molecule has 1 unspecified atom stereocenters. The van der Waals surface area contributed by atoms with Gasteiger partial charge in [-0.1, -0.05) is 35.5 Å². The van der Waals surface area contributed by atoms with E-state index in [0.717, 1.165) is 17.1 Å². The van der Waals surface area contributed by atoms with Crippen LogP contribution in [-0.4, -0.2) is 29.1 Å². The van der Waals surface area contributed by atoms with Crippen molar-refractivity contribution in [3.8, 4) is 5.69 Å². The van der Waals surface area contributed by atoms with Crippen LogP contribution in [0.15, 0.2) is 64.6 Å². The summed E-state index contributed by atoms with van der Waals surface area (Å²) in [7, 11) is -3.72. The monoisotopic (exact) mass is 382 g/mol. The van der Waals surface area contributed by atoms with Crippen LogP contribution in [0.2, 0.25) is 0 Å². The first kappa shape index (κ1) is 17.4. The molecule has 0 bridgehead atoms. The summed E-state index contributed by atoms with van der Waals surface area (Å²) in [6.07, 6.45) is 0.716. The minimum atomic E-state index is -3.72. The van der Waals surface area contributed by atoms with Gasteiger partial charge in [0, 0.05) is 6.42 Å². The first-order valence-corrected chi connectivity index (χ1v) is 9.91. The molecule has 8 nitrogen and oxygen atoms in total. The normalized spacial score (nSPS) is 16.8. The van der Waals surface area contributed by atoms with Gasteiger partial charge in [0.25, 0.3) is 0 Å². The minimum Gasteiger partial charge on any atom is -0.302 e. The Bertz CT molecular complexity index is 1100. The third kappa shape index (κ3) is 3.34. The van der Waals surface area contributed by atoms with Crippen LogP contribution in [0.5, 0.6) is 0 Å². The van der Waals surface area contributed by atoms with Gasteiger partial charge in [-0.15, -0.1) is 5.10 Å². The second-order valence-corrected chi connectivity index (χ2v) is 7.89. The lowest BCUT2D eigenvalue weighted by atomic mass is 10.0. The fourth-order valence-corrected chi connectivity index (χ4v) is 3.60. The molecule has 0 aliphatic carbocycles. The summed E-state index contributed by atoms with van der Waals surface area (Å²) in [5.74, 6) is 0. The van der Waals surface area contributed by atoms with Crippen LogP contribution in [0.4, 0.5) is 0 Å². The molecule has 0 amide bonds. The molecule has 0 fully saturated rings. The third-order valence-electron chi connectivity index (χ3n) is 4.53. The molecule has 1 atom stereocenters. The van der Waals surface area contributed by atoms with Crippen LogP contribution in [0.3, 0.4) is 0 Å². The number of nitrogens with zero attached hydrogens (tertiary/aromatic N) is 4. The molecule has 1 aromatic heterocycles. The number of hydrazone groups is 1. The highest BCUT2D eigenvalue weighted by Gasteiger charge is 2.25. The lowest BCUT2D eigenvalue weighted by Crippen LogP contribution is -2.12. The smallest absolute Gasteiger partial charge is 0.238 e. The van der Waals surface area contributed by atoms with Gasteiger partial charge in [-0.3, -0.25) is 0 Å². The SMILES string of the molecule is Cc1c(C2=NNC(c3ccccc3)C2)nnn1-c1ccc(S(N)(=O)=O)cc1. The van der Waals surface area contributed by atoms with E-state index in [4.69, 9.17) is 5.14 Å². The zero-order valence-electron chi connectivity index (χ0n) is 14.6. The van der Waals surface area contributed by atoms with Gasteiger partial charge in [0.2, 0.25) is 10.0 Å². The van der Waals surface area contributed by atoms with Crippen molar-refractivity contribution < 1.29 is 8.42 Å². The molecule has 9 heteroatoms. The molecule has 0 saturated heterocycles. The van der Waals surface area contributed by atoms with Crippen LogP contribution in [-0.2, 0) is 10.0 Å². The fourth-order valence-electron chi connectivity index (χ4n) is 3.09. The van der Waals surface area contributed by atoms with Crippen molar-refractivity contribution in [2.45, 2.75) is 24.3 Å². The lowest BCUT2D eigenvalue weighted by Gasteiger charge is -2.09. The highest BCUT2D eigenvalue weighted by atomic mass is 32.2. The molecule has 4 rings (SSSR count). The molecule has 2 heterocycles. The second kappa shape index (κ2) is 6.60. The fraction of sp³-hybridized carbons (Fsp3) is 0.167. The molecule has 3 N–H and O–H groups in total. The number of primary sulfonamides is 1. The Hall–Kier alpha value is -3.04. The van der Waals surface area contributed by atoms with E-state index in [1.54, 1.807) is 16.8 Å². The van der Waals surface area contributed by atoms with Crippen LogP contribution >= 0.6 is 0 Å². The quantitative estimate of drug-likeness (QED) is 0.712. The molecule has 138 valence electrons. The van der Waals surface area contributed by atoms with Crippen molar-refractivity contribution in [3.63, 3.8) is 0 Å². The van der Waals surface area contributed by atoms with E-state index in [2.05, 4.69) is 33.0 Å². The number of sulfonamides is 1. The molecule has 2 aromatic carbocycles. The van der Waals surface area contributed by atoms with Gasteiger partial charge in [-0.2, -0.15) is 5.10 Å². The van der Waals surface area contributed by atoms with Crippen LogP contribution in [0.1, 0.15) is 29.4 Å². The van der Waals surface area contributed by atoms with Crippen molar-refractivity contribution in [1.29, 1.82) is 0 Å². The number of nitrogens with two attached hydrogens (primary N) is 1. The Morgan fingerprint density at radius 3 is 2.48 bits per heavy atom. The Morgan fingerprint density at radius 2 is 1.81 bits per heavy atom. The molecule has 27 heavy (non-hydrogen) atoms. The van der Waals surface area contributed by atoms with Crippen molar-refractivity contribution in [1.82, 2.24) is 20.4 Å². The summed E-state index contributed by atoms with van der Waals surface area (Å²) in [4.78, 5) is 0.0549. The zero-order valence-corrected chi connectivity index (χ0v) is 15.4. The lowest BCUT2D eigenvalue weighted by molar-refractivity contribution is 0.598. The highest BCUT2D eigenvalue weighted by Crippen LogP contribution is 2.25. The molecule has 0 saturated carbocycles. The third-order valence-corrected chi connectivity index (χ3v) is 5.46. The van der Waals surface area contributed by atoms with E-state index in [1.165, 1.54) is 17.7 Å². The maximum absolute atomic E-state index is 11.4. The summed E-state index contributed by atoms with van der Waals surface area (Å²) < 4.78 is 24.4. The van der Waals surface area contributed by atoms with Crippen LogP contribution < -0.4 is 10.6 Å². The summed E-state index contributed by atoms with van der Waals surface area (Å²) >= 11 is 0. The van der Waals surface area contributed by atoms with Gasteiger partial charge < -0.3 is 5.43 Å². The van der Waals surface area contributed by atoms with E-state index in [9.17, 15) is 8.42 Å². The maximum Gasteiger partial charge on any atom is 0.238 e. The molecule has 1 aliphatic heterocycles. The van der Waals surface area contributed by atoms with E-state index >= 15 is 0 Å².